The molecule has 0 bridgehead atoms. The number of hydrazone groups is 1. The van der Waals surface area contributed by atoms with E-state index in [9.17, 15) is 9.59 Å². The molecule has 2 aromatic rings. The van der Waals surface area contributed by atoms with Crippen molar-refractivity contribution in [1.29, 1.82) is 0 Å². The molecule has 0 saturated carbocycles. The number of carbonyl (C=O) groups excluding carboxylic acids is 2. The van der Waals surface area contributed by atoms with E-state index < -0.39 is 0 Å². The first-order valence-electron chi connectivity index (χ1n) is 7.39. The summed E-state index contributed by atoms with van der Waals surface area (Å²) in [5.41, 5.74) is 2.99. The summed E-state index contributed by atoms with van der Waals surface area (Å²) in [4.78, 5) is 23.4. The average molecular weight is 329 g/mol. The van der Waals surface area contributed by atoms with E-state index in [1.807, 2.05) is 6.92 Å². The molecule has 1 aromatic heterocycles. The molecule has 0 aliphatic carbocycles. The van der Waals surface area contributed by atoms with Gasteiger partial charge in [0.1, 0.15) is 17.3 Å². The highest BCUT2D eigenvalue weighted by Gasteiger charge is 2.07. The largest absolute Gasteiger partial charge is 0.497 e. The SMILES string of the molecule is COc1ccc(NC(=O)CCC(=O)N/N=C/c2ccc(C)o2)cc1. The third-order valence-corrected chi connectivity index (χ3v) is 3.10. The number of benzene rings is 1. The second kappa shape index (κ2) is 8.52. The summed E-state index contributed by atoms with van der Waals surface area (Å²) < 4.78 is 10.3. The van der Waals surface area contributed by atoms with Gasteiger partial charge in [0.15, 0.2) is 0 Å². The van der Waals surface area contributed by atoms with Crippen molar-refractivity contribution in [3.05, 3.63) is 47.9 Å². The van der Waals surface area contributed by atoms with Crippen LogP contribution in [0.4, 0.5) is 5.69 Å². The Labute approximate surface area is 139 Å². The molecule has 2 amide bonds. The third-order valence-electron chi connectivity index (χ3n) is 3.10. The summed E-state index contributed by atoms with van der Waals surface area (Å²) in [6.45, 7) is 1.82. The molecular formula is C17H19N3O4. The topological polar surface area (TPSA) is 92.9 Å². The van der Waals surface area contributed by atoms with Crippen molar-refractivity contribution < 1.29 is 18.7 Å². The summed E-state index contributed by atoms with van der Waals surface area (Å²) in [6.07, 6.45) is 1.51. The predicted octanol–water partition coefficient (Wildman–Crippen LogP) is 2.47. The van der Waals surface area contributed by atoms with Crippen LogP contribution < -0.4 is 15.5 Å². The summed E-state index contributed by atoms with van der Waals surface area (Å²) in [5.74, 6) is 1.42. The molecule has 0 aliphatic heterocycles. The number of nitrogens with zero attached hydrogens (tertiary/aromatic N) is 1. The number of furan rings is 1. The van der Waals surface area contributed by atoms with Gasteiger partial charge in [-0.1, -0.05) is 0 Å². The monoisotopic (exact) mass is 329 g/mol. The van der Waals surface area contributed by atoms with Gasteiger partial charge in [-0.3, -0.25) is 9.59 Å². The summed E-state index contributed by atoms with van der Waals surface area (Å²) >= 11 is 0. The molecule has 0 saturated heterocycles. The maximum Gasteiger partial charge on any atom is 0.240 e. The lowest BCUT2D eigenvalue weighted by Crippen LogP contribution is -2.20. The molecule has 0 atom stereocenters. The van der Waals surface area contributed by atoms with Gasteiger partial charge >= 0.3 is 0 Å². The van der Waals surface area contributed by atoms with E-state index in [1.54, 1.807) is 43.5 Å². The summed E-state index contributed by atoms with van der Waals surface area (Å²) in [7, 11) is 1.57. The van der Waals surface area contributed by atoms with Crippen LogP contribution in [0.25, 0.3) is 0 Å². The van der Waals surface area contributed by atoms with Gasteiger partial charge in [0.05, 0.1) is 13.3 Å². The van der Waals surface area contributed by atoms with Crippen LogP contribution in [0.1, 0.15) is 24.4 Å². The van der Waals surface area contributed by atoms with E-state index in [2.05, 4.69) is 15.8 Å². The van der Waals surface area contributed by atoms with Gasteiger partial charge in [-0.05, 0) is 43.3 Å². The van der Waals surface area contributed by atoms with Crippen molar-refractivity contribution in [1.82, 2.24) is 5.43 Å². The Morgan fingerprint density at radius 2 is 1.83 bits per heavy atom. The van der Waals surface area contributed by atoms with Crippen molar-refractivity contribution in [3.63, 3.8) is 0 Å². The van der Waals surface area contributed by atoms with Crippen LogP contribution in [0.3, 0.4) is 0 Å². The molecule has 0 aliphatic rings. The number of methoxy groups -OCH3 is 1. The number of nitrogens with one attached hydrogen (secondary N) is 2. The van der Waals surface area contributed by atoms with Crippen molar-refractivity contribution in [2.24, 2.45) is 5.10 Å². The Balaban J connectivity index is 1.70. The molecule has 0 spiro atoms. The average Bonchev–Trinajstić information content (AvgIpc) is 2.99. The Bertz CT molecular complexity index is 720. The van der Waals surface area contributed by atoms with Gasteiger partial charge in [-0.15, -0.1) is 0 Å². The molecule has 7 heteroatoms. The molecule has 7 nitrogen and oxygen atoms in total. The van der Waals surface area contributed by atoms with E-state index >= 15 is 0 Å². The van der Waals surface area contributed by atoms with E-state index in [4.69, 9.17) is 9.15 Å². The van der Waals surface area contributed by atoms with Crippen LogP contribution in [-0.2, 0) is 9.59 Å². The minimum Gasteiger partial charge on any atom is -0.497 e. The van der Waals surface area contributed by atoms with Crippen LogP contribution >= 0.6 is 0 Å². The number of ether oxygens (including phenoxy) is 1. The summed E-state index contributed by atoms with van der Waals surface area (Å²) in [5, 5.41) is 6.48. The van der Waals surface area contributed by atoms with E-state index in [0.29, 0.717) is 17.2 Å². The number of aryl methyl sites for hydroxylation is 1. The summed E-state index contributed by atoms with van der Waals surface area (Å²) in [6, 6.07) is 10.5. The maximum atomic E-state index is 11.8. The van der Waals surface area contributed by atoms with Gasteiger partial charge in [0, 0.05) is 18.5 Å². The lowest BCUT2D eigenvalue weighted by Gasteiger charge is -2.06. The fourth-order valence-electron chi connectivity index (χ4n) is 1.87. The molecule has 1 aromatic carbocycles. The van der Waals surface area contributed by atoms with Gasteiger partial charge < -0.3 is 14.5 Å². The number of hydrogen-bond acceptors (Lipinski definition) is 5. The number of carbonyl (C=O) groups is 2. The number of hydrogen-bond donors (Lipinski definition) is 2. The molecule has 0 unspecified atom stereocenters. The van der Waals surface area contributed by atoms with Crippen LogP contribution in [0.5, 0.6) is 5.75 Å². The predicted molar refractivity (Wildman–Crippen MR) is 90.0 cm³/mol. The Kier molecular flexibility index (Phi) is 6.13. The second-order valence-electron chi connectivity index (χ2n) is 5.02. The van der Waals surface area contributed by atoms with Crippen LogP contribution in [0.15, 0.2) is 45.9 Å². The highest BCUT2D eigenvalue weighted by molar-refractivity contribution is 5.93. The zero-order valence-corrected chi connectivity index (χ0v) is 13.5. The highest BCUT2D eigenvalue weighted by atomic mass is 16.5. The van der Waals surface area contributed by atoms with E-state index in [1.165, 1.54) is 6.21 Å². The molecule has 0 fully saturated rings. The normalized spacial score (nSPS) is 10.6. The fraction of sp³-hybridized carbons (Fsp3) is 0.235. The molecule has 126 valence electrons. The van der Waals surface area contributed by atoms with Gasteiger partial charge in [0.2, 0.25) is 11.8 Å². The molecular weight excluding hydrogens is 310 g/mol. The molecule has 0 radical (unpaired) electrons. The zero-order valence-electron chi connectivity index (χ0n) is 13.5. The number of anilines is 1. The fourth-order valence-corrected chi connectivity index (χ4v) is 1.87. The standard InChI is InChI=1S/C17H19N3O4/c1-12-3-6-15(24-12)11-18-20-17(22)10-9-16(21)19-13-4-7-14(23-2)8-5-13/h3-8,11H,9-10H2,1-2H3,(H,19,21)(H,20,22)/b18-11+. The van der Waals surface area contributed by atoms with Crippen molar-refractivity contribution >= 4 is 23.7 Å². The Morgan fingerprint density at radius 3 is 2.46 bits per heavy atom. The smallest absolute Gasteiger partial charge is 0.240 e. The zero-order chi connectivity index (χ0) is 17.4. The molecule has 2 rings (SSSR count). The number of amides is 2. The first-order chi connectivity index (χ1) is 11.6. The second-order valence-corrected chi connectivity index (χ2v) is 5.02. The van der Waals surface area contributed by atoms with Crippen LogP contribution in [0.2, 0.25) is 0 Å². The van der Waals surface area contributed by atoms with E-state index in [0.717, 1.165) is 5.76 Å². The van der Waals surface area contributed by atoms with Gasteiger partial charge in [-0.2, -0.15) is 5.10 Å². The highest BCUT2D eigenvalue weighted by Crippen LogP contribution is 2.15. The Hall–Kier alpha value is -3.09. The first-order valence-corrected chi connectivity index (χ1v) is 7.39. The Morgan fingerprint density at radius 1 is 1.12 bits per heavy atom. The van der Waals surface area contributed by atoms with Crippen molar-refractivity contribution in [2.45, 2.75) is 19.8 Å². The number of rotatable bonds is 7. The minimum absolute atomic E-state index is 0.0382. The van der Waals surface area contributed by atoms with Crippen LogP contribution in [-0.4, -0.2) is 25.1 Å². The lowest BCUT2D eigenvalue weighted by molar-refractivity contribution is -0.124. The van der Waals surface area contributed by atoms with Gasteiger partial charge in [-0.25, -0.2) is 5.43 Å². The minimum atomic E-state index is -0.348. The van der Waals surface area contributed by atoms with Crippen molar-refractivity contribution in [3.8, 4) is 5.75 Å². The maximum absolute atomic E-state index is 11.8. The third kappa shape index (κ3) is 5.60. The molecule has 1 heterocycles. The van der Waals surface area contributed by atoms with Crippen LogP contribution in [0, 0.1) is 6.92 Å². The quantitative estimate of drug-likeness (QED) is 0.603. The van der Waals surface area contributed by atoms with Crippen molar-refractivity contribution in [2.75, 3.05) is 12.4 Å². The molecule has 24 heavy (non-hydrogen) atoms. The first kappa shape index (κ1) is 17.3. The van der Waals surface area contributed by atoms with E-state index in [-0.39, 0.29) is 24.7 Å². The molecule has 2 N–H and O–H groups in total. The van der Waals surface area contributed by atoms with Gasteiger partial charge in [0.25, 0.3) is 0 Å². The lowest BCUT2D eigenvalue weighted by atomic mass is 10.2.